The highest BCUT2D eigenvalue weighted by molar-refractivity contribution is 7.92. The molecule has 0 spiro atoms. The van der Waals surface area contributed by atoms with Gasteiger partial charge >= 0.3 is 0 Å². The predicted molar refractivity (Wildman–Crippen MR) is 91.1 cm³/mol. The van der Waals surface area contributed by atoms with Gasteiger partial charge in [0.2, 0.25) is 5.91 Å². The lowest BCUT2D eigenvalue weighted by Crippen LogP contribution is -2.60. The minimum absolute atomic E-state index is 0. The Morgan fingerprint density at radius 2 is 1.82 bits per heavy atom. The van der Waals surface area contributed by atoms with Gasteiger partial charge in [-0.15, -0.1) is 12.4 Å². The van der Waals surface area contributed by atoms with Crippen molar-refractivity contribution >= 4 is 28.2 Å². The highest BCUT2D eigenvalue weighted by Crippen LogP contribution is 2.36. The number of rotatable bonds is 3. The molecule has 0 bridgehead atoms. The Morgan fingerprint density at radius 1 is 1.23 bits per heavy atom. The summed E-state index contributed by atoms with van der Waals surface area (Å²) in [6.07, 6.45) is 5.10. The highest BCUT2D eigenvalue weighted by atomic mass is 35.5. The molecule has 0 radical (unpaired) electrons. The lowest BCUT2D eigenvalue weighted by atomic mass is 9.79. The minimum Gasteiger partial charge on any atom is -0.341 e. The van der Waals surface area contributed by atoms with Gasteiger partial charge in [-0.05, 0) is 50.6 Å². The number of hydrogen-bond acceptors (Lipinski definition) is 4. The van der Waals surface area contributed by atoms with Gasteiger partial charge in [0.1, 0.15) is 0 Å². The van der Waals surface area contributed by atoms with E-state index >= 15 is 0 Å². The molecule has 7 heteroatoms. The van der Waals surface area contributed by atoms with Crippen molar-refractivity contribution in [2.45, 2.75) is 50.7 Å². The molecule has 2 saturated heterocycles. The van der Waals surface area contributed by atoms with E-state index in [1.54, 1.807) is 0 Å². The number of sulfone groups is 1. The van der Waals surface area contributed by atoms with Crippen LogP contribution in [0.15, 0.2) is 0 Å². The molecule has 2 rings (SSSR count). The Labute approximate surface area is 140 Å². The largest absolute Gasteiger partial charge is 0.341 e. The van der Waals surface area contributed by atoms with Crippen LogP contribution in [-0.2, 0) is 14.6 Å². The zero-order chi connectivity index (χ0) is 15.7. The van der Waals surface area contributed by atoms with Gasteiger partial charge in [-0.25, -0.2) is 8.42 Å². The van der Waals surface area contributed by atoms with Crippen molar-refractivity contribution < 1.29 is 13.2 Å². The van der Waals surface area contributed by atoms with Gasteiger partial charge in [-0.1, -0.05) is 13.8 Å². The standard InChI is InChI=1S/C15H28N2O3S.ClH/c1-4-14(2)6-5-11-17(12-14)13(18)15(21(3,19)20)7-9-16-10-8-15;/h16H,4-12H2,1-3H3;1H. The van der Waals surface area contributed by atoms with Gasteiger partial charge in [0.25, 0.3) is 0 Å². The summed E-state index contributed by atoms with van der Waals surface area (Å²) in [6.45, 7) is 6.91. The second-order valence-corrected chi connectivity index (χ2v) is 9.34. The molecular weight excluding hydrogens is 324 g/mol. The van der Waals surface area contributed by atoms with Crippen molar-refractivity contribution in [1.82, 2.24) is 10.2 Å². The highest BCUT2D eigenvalue weighted by Gasteiger charge is 2.51. The van der Waals surface area contributed by atoms with E-state index in [0.29, 0.717) is 39.0 Å². The van der Waals surface area contributed by atoms with E-state index in [9.17, 15) is 13.2 Å². The third-order valence-corrected chi connectivity index (χ3v) is 7.43. The first kappa shape index (κ1) is 19.7. The molecule has 0 aromatic carbocycles. The van der Waals surface area contributed by atoms with Crippen LogP contribution in [0.3, 0.4) is 0 Å². The van der Waals surface area contributed by atoms with E-state index in [-0.39, 0.29) is 23.7 Å². The first-order chi connectivity index (χ1) is 9.74. The quantitative estimate of drug-likeness (QED) is 0.838. The molecule has 0 aliphatic carbocycles. The van der Waals surface area contributed by atoms with Crippen molar-refractivity contribution in [3.63, 3.8) is 0 Å². The normalized spacial score (nSPS) is 28.8. The van der Waals surface area contributed by atoms with Crippen LogP contribution in [0, 0.1) is 5.41 Å². The molecule has 2 aliphatic rings. The first-order valence-electron chi connectivity index (χ1n) is 7.94. The molecule has 0 aromatic rings. The monoisotopic (exact) mass is 352 g/mol. The van der Waals surface area contributed by atoms with Crippen LogP contribution in [0.2, 0.25) is 0 Å². The van der Waals surface area contributed by atoms with Crippen LogP contribution >= 0.6 is 12.4 Å². The second kappa shape index (κ2) is 7.05. The number of carbonyl (C=O) groups is 1. The fourth-order valence-corrected chi connectivity index (χ4v) is 5.03. The average Bonchev–Trinajstić information content (AvgIpc) is 2.46. The van der Waals surface area contributed by atoms with Gasteiger partial charge in [0.05, 0.1) is 0 Å². The topological polar surface area (TPSA) is 66.5 Å². The van der Waals surface area contributed by atoms with Crippen LogP contribution in [-0.4, -0.2) is 56.4 Å². The Balaban J connectivity index is 0.00000242. The zero-order valence-electron chi connectivity index (χ0n) is 13.9. The van der Waals surface area contributed by atoms with Crippen molar-refractivity contribution in [3.05, 3.63) is 0 Å². The van der Waals surface area contributed by atoms with Crippen LogP contribution in [0.5, 0.6) is 0 Å². The van der Waals surface area contributed by atoms with E-state index in [0.717, 1.165) is 19.3 Å². The number of nitrogens with one attached hydrogen (secondary N) is 1. The molecule has 1 amide bonds. The van der Waals surface area contributed by atoms with Gasteiger partial charge in [0.15, 0.2) is 14.6 Å². The number of halogens is 1. The Morgan fingerprint density at radius 3 is 2.32 bits per heavy atom. The lowest BCUT2D eigenvalue weighted by molar-refractivity contribution is -0.138. The van der Waals surface area contributed by atoms with Gasteiger partial charge in [-0.2, -0.15) is 0 Å². The Hall–Kier alpha value is -0.330. The third-order valence-electron chi connectivity index (χ3n) is 5.43. The third kappa shape index (κ3) is 3.60. The van der Waals surface area contributed by atoms with E-state index in [4.69, 9.17) is 0 Å². The summed E-state index contributed by atoms with van der Waals surface area (Å²) in [4.78, 5) is 14.9. The van der Waals surface area contributed by atoms with Crippen LogP contribution in [0.1, 0.15) is 46.0 Å². The average molecular weight is 353 g/mol. The summed E-state index contributed by atoms with van der Waals surface area (Å²) in [7, 11) is -3.41. The molecule has 130 valence electrons. The summed E-state index contributed by atoms with van der Waals surface area (Å²) >= 11 is 0. The second-order valence-electron chi connectivity index (χ2n) is 7.01. The maximum Gasteiger partial charge on any atom is 0.244 e. The Kier molecular flexibility index (Phi) is 6.32. The fourth-order valence-electron chi connectivity index (χ4n) is 3.64. The van der Waals surface area contributed by atoms with Crippen LogP contribution < -0.4 is 5.32 Å². The molecule has 1 atom stereocenters. The molecular formula is C15H29ClN2O3S. The molecule has 2 heterocycles. The van der Waals surface area contributed by atoms with E-state index in [1.807, 2.05) is 4.90 Å². The van der Waals surface area contributed by atoms with Crippen molar-refractivity contribution in [1.29, 1.82) is 0 Å². The SMILES string of the molecule is CCC1(C)CCCN(C(=O)C2(S(C)(=O)=O)CCNCC2)C1.Cl. The fraction of sp³-hybridized carbons (Fsp3) is 0.933. The molecule has 1 unspecified atom stereocenters. The number of likely N-dealkylation sites (tertiary alicyclic amines) is 1. The number of piperidine rings is 2. The lowest BCUT2D eigenvalue weighted by Gasteiger charge is -2.45. The number of carbonyl (C=O) groups excluding carboxylic acids is 1. The molecule has 2 fully saturated rings. The van der Waals surface area contributed by atoms with Crippen molar-refractivity contribution in [2.24, 2.45) is 5.41 Å². The molecule has 5 nitrogen and oxygen atoms in total. The smallest absolute Gasteiger partial charge is 0.244 e. The summed E-state index contributed by atoms with van der Waals surface area (Å²) in [5, 5.41) is 3.16. The molecule has 2 aliphatic heterocycles. The number of hydrogen-bond donors (Lipinski definition) is 1. The number of amides is 1. The van der Waals surface area contributed by atoms with E-state index in [2.05, 4.69) is 19.2 Å². The maximum atomic E-state index is 13.0. The molecule has 0 saturated carbocycles. The van der Waals surface area contributed by atoms with Gasteiger partial charge in [-0.3, -0.25) is 4.79 Å². The first-order valence-corrected chi connectivity index (χ1v) is 9.83. The molecule has 1 N–H and O–H groups in total. The number of nitrogens with zero attached hydrogens (tertiary/aromatic N) is 1. The van der Waals surface area contributed by atoms with Gasteiger partial charge < -0.3 is 10.2 Å². The zero-order valence-corrected chi connectivity index (χ0v) is 15.5. The van der Waals surface area contributed by atoms with E-state index < -0.39 is 14.6 Å². The van der Waals surface area contributed by atoms with Crippen LogP contribution in [0.25, 0.3) is 0 Å². The van der Waals surface area contributed by atoms with Gasteiger partial charge in [0, 0.05) is 19.3 Å². The molecule has 22 heavy (non-hydrogen) atoms. The van der Waals surface area contributed by atoms with Crippen LogP contribution in [0.4, 0.5) is 0 Å². The van der Waals surface area contributed by atoms with Crippen molar-refractivity contribution in [3.8, 4) is 0 Å². The van der Waals surface area contributed by atoms with Crippen molar-refractivity contribution in [2.75, 3.05) is 32.4 Å². The maximum absolute atomic E-state index is 13.0. The summed E-state index contributed by atoms with van der Waals surface area (Å²) in [6, 6.07) is 0. The van der Waals surface area contributed by atoms with E-state index in [1.165, 1.54) is 6.26 Å². The minimum atomic E-state index is -3.41. The summed E-state index contributed by atoms with van der Waals surface area (Å²) in [5.74, 6) is -0.161. The summed E-state index contributed by atoms with van der Waals surface area (Å²) < 4.78 is 23.5. The molecule has 0 aromatic heterocycles. The Bertz CT molecular complexity index is 503. The predicted octanol–water partition coefficient (Wildman–Crippen LogP) is 1.61. The summed E-state index contributed by atoms with van der Waals surface area (Å²) in [5.41, 5.74) is 0.125.